The summed E-state index contributed by atoms with van der Waals surface area (Å²) in [6.07, 6.45) is -1.18. The first-order chi connectivity index (χ1) is 15.0. The number of hydrogen-bond acceptors (Lipinski definition) is 9. The average Bonchev–Trinajstić information content (AvgIpc) is 2.69. The van der Waals surface area contributed by atoms with Crippen molar-refractivity contribution < 1.29 is 34.0 Å². The number of hydrogen-bond donors (Lipinski definition) is 1. The maximum Gasteiger partial charge on any atom is 0.339 e. The first kappa shape index (κ1) is 24.4. The molecular weight excluding hydrogens is 424 g/mol. The normalized spacial score (nSPS) is 11.5. The zero-order valence-corrected chi connectivity index (χ0v) is 17.9. The van der Waals surface area contributed by atoms with E-state index in [4.69, 9.17) is 9.47 Å². The quantitative estimate of drug-likeness (QED) is 0.365. The molecule has 0 fully saturated rings. The monoisotopic (exact) mass is 446 g/mol. The van der Waals surface area contributed by atoms with Crippen LogP contribution in [0.4, 0.5) is 11.4 Å². The number of benzene rings is 2. The lowest BCUT2D eigenvalue weighted by Gasteiger charge is -2.18. The molecule has 0 amide bonds. The third-order valence-corrected chi connectivity index (χ3v) is 4.74. The molecule has 1 unspecified atom stereocenters. The maximum absolute atomic E-state index is 12.6. The molecule has 1 atom stereocenters. The predicted octanol–water partition coefficient (Wildman–Crippen LogP) is 3.11. The molecule has 2 aromatic rings. The van der Waals surface area contributed by atoms with Gasteiger partial charge in [0.25, 0.3) is 11.4 Å². The van der Waals surface area contributed by atoms with Gasteiger partial charge in [-0.1, -0.05) is 0 Å². The highest BCUT2D eigenvalue weighted by atomic mass is 16.6. The molecule has 0 heterocycles. The van der Waals surface area contributed by atoms with Crippen molar-refractivity contribution in [2.75, 3.05) is 13.2 Å². The van der Waals surface area contributed by atoms with Gasteiger partial charge in [-0.2, -0.15) is 0 Å². The van der Waals surface area contributed by atoms with Gasteiger partial charge in [-0.3, -0.25) is 20.2 Å². The molecule has 170 valence electrons. The fourth-order valence-corrected chi connectivity index (χ4v) is 3.31. The molecule has 0 radical (unpaired) electrons. The summed E-state index contributed by atoms with van der Waals surface area (Å²) in [6, 6.07) is 4.95. The topological polar surface area (TPSA) is 159 Å². The number of esters is 2. The van der Waals surface area contributed by atoms with Gasteiger partial charge in [0, 0.05) is 24.3 Å². The number of ether oxygens (including phenoxy) is 2. The Kier molecular flexibility index (Phi) is 7.60. The molecular formula is C21H22N2O9. The van der Waals surface area contributed by atoms with E-state index in [2.05, 4.69) is 0 Å². The van der Waals surface area contributed by atoms with Crippen LogP contribution in [0.5, 0.6) is 0 Å². The second-order valence-electron chi connectivity index (χ2n) is 7.23. The zero-order valence-electron chi connectivity index (χ0n) is 17.9. The fraction of sp³-hybridized carbons (Fsp3) is 0.333. The Morgan fingerprint density at radius 2 is 1.22 bits per heavy atom. The standard InChI is InChI=1S/C21H22N2O9/c1-11-5-15(22(27)28)6-12(2)18(11)20(25)31-10-17(9-24)32-21(26)19-13(3)7-16(23(29)30)8-14(19)4/h5-8,17,24H,9-10H2,1-4H3. The van der Waals surface area contributed by atoms with Crippen LogP contribution in [-0.4, -0.2) is 46.2 Å². The summed E-state index contributed by atoms with van der Waals surface area (Å²) >= 11 is 0. The summed E-state index contributed by atoms with van der Waals surface area (Å²) in [7, 11) is 0. The minimum Gasteiger partial charge on any atom is -0.458 e. The van der Waals surface area contributed by atoms with Crippen LogP contribution in [0.3, 0.4) is 0 Å². The minimum absolute atomic E-state index is 0.113. The Morgan fingerprint density at radius 3 is 1.56 bits per heavy atom. The lowest BCUT2D eigenvalue weighted by molar-refractivity contribution is -0.385. The molecule has 1 N–H and O–H groups in total. The summed E-state index contributed by atoms with van der Waals surface area (Å²) in [5.74, 6) is -1.61. The van der Waals surface area contributed by atoms with Gasteiger partial charge in [-0.25, -0.2) is 9.59 Å². The van der Waals surface area contributed by atoms with Crippen LogP contribution in [0.15, 0.2) is 24.3 Å². The van der Waals surface area contributed by atoms with Gasteiger partial charge in [0.05, 0.1) is 27.6 Å². The average molecular weight is 446 g/mol. The number of nitro benzene ring substituents is 2. The van der Waals surface area contributed by atoms with E-state index < -0.39 is 41.1 Å². The van der Waals surface area contributed by atoms with Gasteiger partial charge in [0.2, 0.25) is 0 Å². The molecule has 2 aromatic carbocycles. The number of nitro groups is 2. The molecule has 32 heavy (non-hydrogen) atoms. The third kappa shape index (κ3) is 5.43. The Balaban J connectivity index is 2.12. The van der Waals surface area contributed by atoms with Crippen LogP contribution in [0.25, 0.3) is 0 Å². The van der Waals surface area contributed by atoms with Crippen molar-refractivity contribution in [1.29, 1.82) is 0 Å². The van der Waals surface area contributed by atoms with E-state index in [1.165, 1.54) is 52.0 Å². The molecule has 0 aliphatic carbocycles. The van der Waals surface area contributed by atoms with Gasteiger partial charge in [0.1, 0.15) is 6.61 Å². The van der Waals surface area contributed by atoms with Crippen LogP contribution in [0.2, 0.25) is 0 Å². The number of aliphatic hydroxyl groups is 1. The molecule has 0 aromatic heterocycles. The lowest BCUT2D eigenvalue weighted by atomic mass is 10.0. The van der Waals surface area contributed by atoms with Crippen molar-refractivity contribution in [1.82, 2.24) is 0 Å². The zero-order chi connectivity index (χ0) is 24.2. The van der Waals surface area contributed by atoms with E-state index in [9.17, 15) is 34.9 Å². The first-order valence-electron chi connectivity index (χ1n) is 9.46. The summed E-state index contributed by atoms with van der Waals surface area (Å²) in [4.78, 5) is 45.8. The van der Waals surface area contributed by atoms with Gasteiger partial charge in [-0.15, -0.1) is 0 Å². The van der Waals surface area contributed by atoms with Crippen LogP contribution in [-0.2, 0) is 9.47 Å². The van der Waals surface area contributed by atoms with Crippen molar-refractivity contribution in [2.24, 2.45) is 0 Å². The Labute approximate surface area is 182 Å². The molecule has 0 bridgehead atoms. The molecule has 0 saturated carbocycles. The molecule has 11 heteroatoms. The SMILES string of the molecule is Cc1cc([N+](=O)[O-])cc(C)c1C(=O)OCC(CO)OC(=O)c1c(C)cc([N+](=O)[O-])cc1C. The highest BCUT2D eigenvalue weighted by molar-refractivity contribution is 5.94. The number of aliphatic hydroxyl groups excluding tert-OH is 1. The van der Waals surface area contributed by atoms with Crippen molar-refractivity contribution in [3.05, 3.63) is 77.9 Å². The van der Waals surface area contributed by atoms with Crippen molar-refractivity contribution in [2.45, 2.75) is 33.8 Å². The molecule has 0 aliphatic heterocycles. The van der Waals surface area contributed by atoms with Gasteiger partial charge in [0.15, 0.2) is 6.10 Å². The van der Waals surface area contributed by atoms with Crippen molar-refractivity contribution in [3.8, 4) is 0 Å². The molecule has 0 aliphatic rings. The predicted molar refractivity (Wildman–Crippen MR) is 112 cm³/mol. The molecule has 11 nitrogen and oxygen atoms in total. The fourth-order valence-electron chi connectivity index (χ4n) is 3.31. The Bertz CT molecular complexity index is 1050. The summed E-state index contributed by atoms with van der Waals surface area (Å²) in [6.45, 7) is 5.00. The van der Waals surface area contributed by atoms with E-state index in [0.29, 0.717) is 22.3 Å². The van der Waals surface area contributed by atoms with Gasteiger partial charge in [-0.05, 0) is 49.9 Å². The van der Waals surface area contributed by atoms with Crippen LogP contribution < -0.4 is 0 Å². The van der Waals surface area contributed by atoms with E-state index in [-0.39, 0.29) is 22.5 Å². The van der Waals surface area contributed by atoms with E-state index >= 15 is 0 Å². The van der Waals surface area contributed by atoms with Crippen LogP contribution in [0.1, 0.15) is 43.0 Å². The number of nitrogens with zero attached hydrogens (tertiary/aromatic N) is 2. The van der Waals surface area contributed by atoms with Crippen LogP contribution in [0, 0.1) is 47.9 Å². The second-order valence-corrected chi connectivity index (χ2v) is 7.23. The van der Waals surface area contributed by atoms with Crippen molar-refractivity contribution >= 4 is 23.3 Å². The molecule has 0 saturated heterocycles. The highest BCUT2D eigenvalue weighted by Crippen LogP contribution is 2.24. The van der Waals surface area contributed by atoms with Crippen molar-refractivity contribution in [3.63, 3.8) is 0 Å². The maximum atomic E-state index is 12.6. The van der Waals surface area contributed by atoms with E-state index in [1.807, 2.05) is 0 Å². The minimum atomic E-state index is -1.18. The summed E-state index contributed by atoms with van der Waals surface area (Å²) in [5, 5.41) is 31.4. The summed E-state index contributed by atoms with van der Waals surface area (Å²) < 4.78 is 10.4. The smallest absolute Gasteiger partial charge is 0.339 e. The lowest BCUT2D eigenvalue weighted by Crippen LogP contribution is -2.29. The number of carbonyl (C=O) groups is 2. The van der Waals surface area contributed by atoms with Gasteiger partial charge >= 0.3 is 11.9 Å². The van der Waals surface area contributed by atoms with E-state index in [0.717, 1.165) is 0 Å². The largest absolute Gasteiger partial charge is 0.458 e. The molecule has 0 spiro atoms. The number of rotatable bonds is 8. The molecule has 2 rings (SSSR count). The Hall–Kier alpha value is -3.86. The van der Waals surface area contributed by atoms with Gasteiger partial charge < -0.3 is 14.6 Å². The number of non-ortho nitro benzene ring substituents is 2. The first-order valence-corrected chi connectivity index (χ1v) is 9.46. The summed E-state index contributed by atoms with van der Waals surface area (Å²) in [5.41, 5.74) is 1.27. The second kappa shape index (κ2) is 9.96. The number of carbonyl (C=O) groups excluding carboxylic acids is 2. The third-order valence-electron chi connectivity index (χ3n) is 4.74. The Morgan fingerprint density at radius 1 is 0.844 bits per heavy atom. The highest BCUT2D eigenvalue weighted by Gasteiger charge is 2.24. The van der Waals surface area contributed by atoms with E-state index in [1.54, 1.807) is 0 Å². The number of aryl methyl sites for hydroxylation is 4. The van der Waals surface area contributed by atoms with Crippen LogP contribution >= 0.6 is 0 Å².